The number of methoxy groups -OCH3 is 1. The Balaban J connectivity index is 1.47. The third-order valence-electron chi connectivity index (χ3n) is 4.35. The molecule has 0 saturated carbocycles. The van der Waals surface area contributed by atoms with E-state index in [1.54, 1.807) is 7.11 Å². The number of amides is 3. The van der Waals surface area contributed by atoms with Crippen LogP contribution in [0.3, 0.4) is 0 Å². The van der Waals surface area contributed by atoms with Crippen molar-refractivity contribution >= 4 is 11.9 Å². The molecule has 2 saturated heterocycles. The highest BCUT2D eigenvalue weighted by Gasteiger charge is 2.35. The predicted molar refractivity (Wildman–Crippen MR) is 85.2 cm³/mol. The van der Waals surface area contributed by atoms with Gasteiger partial charge in [-0.3, -0.25) is 9.69 Å². The van der Waals surface area contributed by atoms with Crippen molar-refractivity contribution in [3.8, 4) is 5.75 Å². The summed E-state index contributed by atoms with van der Waals surface area (Å²) < 4.78 is 5.28. The molecule has 7 heteroatoms. The minimum Gasteiger partial charge on any atom is -0.496 e. The molecule has 0 spiro atoms. The topological polar surface area (TPSA) is 73.9 Å². The summed E-state index contributed by atoms with van der Waals surface area (Å²) in [4.78, 5) is 27.7. The van der Waals surface area contributed by atoms with Crippen LogP contribution < -0.4 is 15.4 Å². The zero-order valence-corrected chi connectivity index (χ0v) is 13.2. The fourth-order valence-corrected chi connectivity index (χ4v) is 3.11. The molecule has 2 fully saturated rings. The van der Waals surface area contributed by atoms with E-state index in [0.717, 1.165) is 24.4 Å². The summed E-state index contributed by atoms with van der Waals surface area (Å²) in [5.74, 6) is 0.763. The highest BCUT2D eigenvalue weighted by molar-refractivity contribution is 5.79. The molecule has 23 heavy (non-hydrogen) atoms. The molecule has 2 aliphatic rings. The van der Waals surface area contributed by atoms with Crippen LogP contribution in [0.1, 0.15) is 5.56 Å². The maximum Gasteiger partial charge on any atom is 0.317 e. The van der Waals surface area contributed by atoms with Crippen LogP contribution in [0.5, 0.6) is 5.75 Å². The van der Waals surface area contributed by atoms with Gasteiger partial charge in [-0.2, -0.15) is 0 Å². The van der Waals surface area contributed by atoms with Crippen LogP contribution in [0.15, 0.2) is 24.3 Å². The van der Waals surface area contributed by atoms with Crippen molar-refractivity contribution in [3.05, 3.63) is 29.8 Å². The highest BCUT2D eigenvalue weighted by atomic mass is 16.5. The van der Waals surface area contributed by atoms with E-state index in [1.807, 2.05) is 29.2 Å². The number of urea groups is 1. The van der Waals surface area contributed by atoms with E-state index in [9.17, 15) is 9.59 Å². The van der Waals surface area contributed by atoms with E-state index in [4.69, 9.17) is 4.74 Å². The van der Waals surface area contributed by atoms with Gasteiger partial charge in [0.15, 0.2) is 0 Å². The molecule has 0 bridgehead atoms. The summed E-state index contributed by atoms with van der Waals surface area (Å²) in [5, 5.41) is 5.77. The maximum atomic E-state index is 12.2. The highest BCUT2D eigenvalue weighted by Crippen LogP contribution is 2.17. The number of rotatable bonds is 5. The molecule has 2 aliphatic heterocycles. The molecule has 1 aromatic carbocycles. The summed E-state index contributed by atoms with van der Waals surface area (Å²) in [6, 6.07) is 7.83. The number of hydrogen-bond donors (Lipinski definition) is 2. The Hall–Kier alpha value is -2.28. The monoisotopic (exact) mass is 318 g/mol. The molecular formula is C16H22N4O3. The quantitative estimate of drug-likeness (QED) is 0.803. The lowest BCUT2D eigenvalue weighted by Crippen LogP contribution is -2.54. The van der Waals surface area contributed by atoms with Gasteiger partial charge in [-0.15, -0.1) is 0 Å². The van der Waals surface area contributed by atoms with Crippen LogP contribution in [0.25, 0.3) is 0 Å². The maximum absolute atomic E-state index is 12.2. The van der Waals surface area contributed by atoms with Crippen LogP contribution in [-0.2, 0) is 11.3 Å². The standard InChI is InChI=1S/C16H22N4O3/c1-23-14-5-3-2-4-12(14)8-17-15(21)11-19-6-7-20-13(10-19)9-18-16(20)22/h2-5,13H,6-11H2,1H3,(H,17,21)(H,18,22)/t13-/m1/s1. The fourth-order valence-electron chi connectivity index (χ4n) is 3.11. The Bertz CT molecular complexity index is 592. The average Bonchev–Trinajstić information content (AvgIpc) is 2.94. The van der Waals surface area contributed by atoms with Gasteiger partial charge in [0, 0.05) is 38.3 Å². The number of hydrogen-bond acceptors (Lipinski definition) is 4. The van der Waals surface area contributed by atoms with Gasteiger partial charge >= 0.3 is 6.03 Å². The molecule has 2 heterocycles. The number of para-hydroxylation sites is 1. The molecular weight excluding hydrogens is 296 g/mol. The van der Waals surface area contributed by atoms with E-state index < -0.39 is 0 Å². The SMILES string of the molecule is COc1ccccc1CNC(=O)CN1CCN2C(=O)NC[C@@H]2C1. The Morgan fingerprint density at radius 3 is 3.04 bits per heavy atom. The van der Waals surface area contributed by atoms with Gasteiger partial charge < -0.3 is 20.3 Å². The van der Waals surface area contributed by atoms with E-state index in [-0.39, 0.29) is 18.0 Å². The number of nitrogens with zero attached hydrogens (tertiary/aromatic N) is 2. The molecule has 7 nitrogen and oxygen atoms in total. The largest absolute Gasteiger partial charge is 0.496 e. The molecule has 1 atom stereocenters. The minimum absolute atomic E-state index is 0.00951. The number of ether oxygens (including phenoxy) is 1. The van der Waals surface area contributed by atoms with Gasteiger partial charge in [0.1, 0.15) is 5.75 Å². The predicted octanol–water partition coefficient (Wildman–Crippen LogP) is 0.0208. The number of nitrogens with one attached hydrogen (secondary N) is 2. The Morgan fingerprint density at radius 2 is 2.22 bits per heavy atom. The van der Waals surface area contributed by atoms with Gasteiger partial charge in [-0.1, -0.05) is 18.2 Å². The summed E-state index contributed by atoms with van der Waals surface area (Å²) in [5.41, 5.74) is 0.957. The number of carbonyl (C=O) groups excluding carboxylic acids is 2. The normalized spacial score (nSPS) is 20.8. The number of fused-ring (bicyclic) bond motifs is 1. The lowest BCUT2D eigenvalue weighted by atomic mass is 10.2. The van der Waals surface area contributed by atoms with E-state index in [2.05, 4.69) is 15.5 Å². The third-order valence-corrected chi connectivity index (χ3v) is 4.35. The molecule has 2 N–H and O–H groups in total. The Kier molecular flexibility index (Phi) is 4.66. The van der Waals surface area contributed by atoms with E-state index >= 15 is 0 Å². The summed E-state index contributed by atoms with van der Waals surface area (Å²) in [6.45, 7) is 3.61. The first-order valence-electron chi connectivity index (χ1n) is 7.83. The first kappa shape index (κ1) is 15.6. The van der Waals surface area contributed by atoms with Crippen molar-refractivity contribution < 1.29 is 14.3 Å². The number of carbonyl (C=O) groups is 2. The Labute approximate surface area is 135 Å². The van der Waals surface area contributed by atoms with Crippen LogP contribution in [-0.4, -0.2) is 67.6 Å². The summed E-state index contributed by atoms with van der Waals surface area (Å²) in [6.07, 6.45) is 0. The molecule has 3 amide bonds. The summed E-state index contributed by atoms with van der Waals surface area (Å²) >= 11 is 0. The number of benzene rings is 1. The number of piperazine rings is 1. The molecule has 0 aliphatic carbocycles. The molecule has 0 aromatic heterocycles. The second kappa shape index (κ2) is 6.87. The zero-order valence-electron chi connectivity index (χ0n) is 13.2. The first-order valence-corrected chi connectivity index (χ1v) is 7.83. The van der Waals surface area contributed by atoms with Crippen LogP contribution in [0.4, 0.5) is 4.79 Å². The van der Waals surface area contributed by atoms with E-state index in [0.29, 0.717) is 26.2 Å². The minimum atomic E-state index is -0.0124. The van der Waals surface area contributed by atoms with Crippen molar-refractivity contribution in [2.75, 3.05) is 39.8 Å². The van der Waals surface area contributed by atoms with Crippen LogP contribution >= 0.6 is 0 Å². The van der Waals surface area contributed by atoms with Crippen molar-refractivity contribution in [2.45, 2.75) is 12.6 Å². The van der Waals surface area contributed by atoms with Gasteiger partial charge in [-0.25, -0.2) is 4.79 Å². The van der Waals surface area contributed by atoms with Crippen LogP contribution in [0.2, 0.25) is 0 Å². The third kappa shape index (κ3) is 3.56. The second-order valence-corrected chi connectivity index (χ2v) is 5.86. The average molecular weight is 318 g/mol. The first-order chi connectivity index (χ1) is 11.2. The van der Waals surface area contributed by atoms with Gasteiger partial charge in [0.2, 0.25) is 5.91 Å². The molecule has 0 unspecified atom stereocenters. The van der Waals surface area contributed by atoms with Gasteiger partial charge in [-0.05, 0) is 6.07 Å². The lowest BCUT2D eigenvalue weighted by Gasteiger charge is -2.35. The van der Waals surface area contributed by atoms with Crippen molar-refractivity contribution in [3.63, 3.8) is 0 Å². The van der Waals surface area contributed by atoms with Crippen LogP contribution in [0, 0.1) is 0 Å². The van der Waals surface area contributed by atoms with Gasteiger partial charge in [0.05, 0.1) is 19.7 Å². The fraction of sp³-hybridized carbons (Fsp3) is 0.500. The van der Waals surface area contributed by atoms with Crippen molar-refractivity contribution in [1.82, 2.24) is 20.4 Å². The van der Waals surface area contributed by atoms with E-state index in [1.165, 1.54) is 0 Å². The molecule has 3 rings (SSSR count). The van der Waals surface area contributed by atoms with Gasteiger partial charge in [0.25, 0.3) is 0 Å². The van der Waals surface area contributed by atoms with Crippen molar-refractivity contribution in [2.24, 2.45) is 0 Å². The lowest BCUT2D eigenvalue weighted by molar-refractivity contribution is -0.122. The smallest absolute Gasteiger partial charge is 0.317 e. The Morgan fingerprint density at radius 1 is 1.39 bits per heavy atom. The molecule has 1 aromatic rings. The zero-order chi connectivity index (χ0) is 16.2. The molecule has 124 valence electrons. The second-order valence-electron chi connectivity index (χ2n) is 5.86. The van der Waals surface area contributed by atoms with Crippen molar-refractivity contribution in [1.29, 1.82) is 0 Å². The molecule has 0 radical (unpaired) electrons. The summed E-state index contributed by atoms with van der Waals surface area (Å²) in [7, 11) is 1.62.